The minimum atomic E-state index is -0.0800. The number of hydrogen-bond acceptors (Lipinski definition) is 3. The first-order valence-corrected chi connectivity index (χ1v) is 18.1. The standard InChI is InChI=1S/C45H50BNO2/c1-27-15-20-35-36(23-27)47(31-18-16-28(17-19-31)42(2,3)4)38-40-39(49-41(38)46(35)30-14-12-13-29(24-30)43(5,6)7)32-25-33-34(26-37(32)48-40)45(10,11)22-21-44(33,8)9/h12-20,23-26H,21-22H2,1-11H3. The van der Waals surface area contributed by atoms with Gasteiger partial charge in [0.1, 0.15) is 16.9 Å². The van der Waals surface area contributed by atoms with E-state index in [9.17, 15) is 0 Å². The molecule has 4 aromatic carbocycles. The molecule has 3 heterocycles. The van der Waals surface area contributed by atoms with Gasteiger partial charge in [0.15, 0.2) is 11.2 Å². The number of furan rings is 2. The number of rotatable bonds is 2. The molecule has 49 heavy (non-hydrogen) atoms. The van der Waals surface area contributed by atoms with Gasteiger partial charge in [0.05, 0.1) is 5.39 Å². The van der Waals surface area contributed by atoms with Crippen LogP contribution in [0.1, 0.15) is 110 Å². The minimum absolute atomic E-state index is 0.0249. The normalized spacial score (nSPS) is 17.0. The fourth-order valence-corrected chi connectivity index (χ4v) is 8.32. The summed E-state index contributed by atoms with van der Waals surface area (Å²) in [6, 6.07) is 29.8. The first-order chi connectivity index (χ1) is 22.9. The lowest BCUT2D eigenvalue weighted by Crippen LogP contribution is -2.56. The van der Waals surface area contributed by atoms with Crippen LogP contribution in [0.15, 0.2) is 87.7 Å². The Bertz CT molecular complexity index is 2270. The highest BCUT2D eigenvalue weighted by Gasteiger charge is 2.43. The molecule has 0 radical (unpaired) electrons. The van der Waals surface area contributed by atoms with Crippen molar-refractivity contribution in [3.05, 3.63) is 107 Å². The molecule has 0 bridgehead atoms. The topological polar surface area (TPSA) is 29.5 Å². The second-order valence-electron chi connectivity index (χ2n) is 18.2. The van der Waals surface area contributed by atoms with Crippen LogP contribution in [0, 0.1) is 6.92 Å². The van der Waals surface area contributed by atoms with Crippen molar-refractivity contribution in [1.29, 1.82) is 0 Å². The van der Waals surface area contributed by atoms with Gasteiger partial charge >= 0.3 is 0 Å². The van der Waals surface area contributed by atoms with E-state index in [4.69, 9.17) is 8.83 Å². The van der Waals surface area contributed by atoms with E-state index in [1.807, 2.05) is 0 Å². The van der Waals surface area contributed by atoms with Crippen molar-refractivity contribution in [2.45, 2.75) is 111 Å². The summed E-state index contributed by atoms with van der Waals surface area (Å²) in [6.07, 6.45) is 2.32. The van der Waals surface area contributed by atoms with Crippen LogP contribution in [0.5, 0.6) is 0 Å². The summed E-state index contributed by atoms with van der Waals surface area (Å²) >= 11 is 0. The van der Waals surface area contributed by atoms with Crippen molar-refractivity contribution in [2.75, 3.05) is 4.90 Å². The molecule has 4 heteroatoms. The van der Waals surface area contributed by atoms with Crippen LogP contribution in [-0.4, -0.2) is 6.71 Å². The molecule has 2 aromatic heterocycles. The molecule has 0 spiro atoms. The van der Waals surface area contributed by atoms with Gasteiger partial charge in [0, 0.05) is 11.4 Å². The van der Waals surface area contributed by atoms with Crippen molar-refractivity contribution >= 4 is 62.5 Å². The van der Waals surface area contributed by atoms with Crippen molar-refractivity contribution in [3.8, 4) is 0 Å². The van der Waals surface area contributed by atoms with Gasteiger partial charge in [-0.2, -0.15) is 0 Å². The van der Waals surface area contributed by atoms with E-state index < -0.39 is 0 Å². The first kappa shape index (κ1) is 32.1. The Balaban J connectivity index is 1.45. The Morgan fingerprint density at radius 1 is 0.673 bits per heavy atom. The van der Waals surface area contributed by atoms with E-state index in [1.54, 1.807) is 0 Å². The molecule has 3 nitrogen and oxygen atoms in total. The first-order valence-electron chi connectivity index (χ1n) is 18.1. The van der Waals surface area contributed by atoms with Gasteiger partial charge in [-0.3, -0.25) is 0 Å². The fourth-order valence-electron chi connectivity index (χ4n) is 8.32. The van der Waals surface area contributed by atoms with Crippen LogP contribution in [-0.2, 0) is 21.7 Å². The summed E-state index contributed by atoms with van der Waals surface area (Å²) in [5.74, 6) is 0. The maximum absolute atomic E-state index is 7.23. The maximum Gasteiger partial charge on any atom is 0.292 e. The van der Waals surface area contributed by atoms with Gasteiger partial charge in [-0.15, -0.1) is 0 Å². The van der Waals surface area contributed by atoms with Crippen molar-refractivity contribution in [3.63, 3.8) is 0 Å². The highest BCUT2D eigenvalue weighted by molar-refractivity contribution is 6.97. The number of benzene rings is 4. The zero-order valence-corrected chi connectivity index (χ0v) is 31.3. The monoisotopic (exact) mass is 647 g/mol. The van der Waals surface area contributed by atoms with Gasteiger partial charge in [-0.25, -0.2) is 0 Å². The van der Waals surface area contributed by atoms with Crippen LogP contribution in [0.4, 0.5) is 17.1 Å². The molecule has 0 N–H and O–H groups in total. The number of fused-ring (bicyclic) bond motifs is 7. The quantitative estimate of drug-likeness (QED) is 0.175. The van der Waals surface area contributed by atoms with Crippen molar-refractivity contribution in [1.82, 2.24) is 0 Å². The van der Waals surface area contributed by atoms with Crippen LogP contribution >= 0.6 is 0 Å². The van der Waals surface area contributed by atoms with Crippen LogP contribution < -0.4 is 21.5 Å². The third-order valence-electron chi connectivity index (χ3n) is 11.6. The molecule has 8 rings (SSSR count). The maximum atomic E-state index is 7.23. The lowest BCUT2D eigenvalue weighted by atomic mass is 9.37. The predicted molar refractivity (Wildman–Crippen MR) is 209 cm³/mol. The third-order valence-corrected chi connectivity index (χ3v) is 11.6. The lowest BCUT2D eigenvalue weighted by molar-refractivity contribution is 0.332. The molecule has 0 amide bonds. The van der Waals surface area contributed by atoms with Gasteiger partial charge in [0.2, 0.25) is 0 Å². The van der Waals surface area contributed by atoms with Gasteiger partial charge < -0.3 is 13.7 Å². The van der Waals surface area contributed by atoms with Crippen LogP contribution in [0.25, 0.3) is 22.1 Å². The fraction of sp³-hybridized carbons (Fsp3) is 0.378. The largest absolute Gasteiger partial charge is 0.464 e. The molecule has 1 aliphatic carbocycles. The number of nitrogens with zero attached hydrogens (tertiary/aromatic N) is 1. The molecule has 1 aliphatic heterocycles. The smallest absolute Gasteiger partial charge is 0.292 e. The SMILES string of the molecule is Cc1ccc2c(c1)N(c1ccc(C(C)(C)C)cc1)c1c(oc3c1oc1cc4c(cc13)C(C)(C)CCC4(C)C)B2c1cccc(C(C)(C)C)c1. The summed E-state index contributed by atoms with van der Waals surface area (Å²) in [6.45, 7) is 25.3. The Hall–Kier alpha value is -4.18. The zero-order chi connectivity index (χ0) is 34.8. The molecule has 6 aromatic rings. The summed E-state index contributed by atoms with van der Waals surface area (Å²) in [5, 5.41) is 1.07. The van der Waals surface area contributed by atoms with Gasteiger partial charge in [-0.1, -0.05) is 123 Å². The number of aryl methyl sites for hydroxylation is 1. The van der Waals surface area contributed by atoms with Crippen molar-refractivity contribution in [2.24, 2.45) is 0 Å². The third kappa shape index (κ3) is 5.00. The van der Waals surface area contributed by atoms with E-state index in [-0.39, 0.29) is 28.4 Å². The number of anilines is 3. The summed E-state index contributed by atoms with van der Waals surface area (Å²) < 4.78 is 14.2. The highest BCUT2D eigenvalue weighted by atomic mass is 16.4. The molecular weight excluding hydrogens is 597 g/mol. The van der Waals surface area contributed by atoms with E-state index >= 15 is 0 Å². The average molecular weight is 648 g/mol. The average Bonchev–Trinajstić information content (AvgIpc) is 3.57. The lowest BCUT2D eigenvalue weighted by Gasteiger charge is -2.41. The predicted octanol–water partition coefficient (Wildman–Crippen LogP) is 10.7. The van der Waals surface area contributed by atoms with E-state index in [2.05, 4.69) is 160 Å². The Labute approximate surface area is 292 Å². The van der Waals surface area contributed by atoms with Crippen LogP contribution in [0.3, 0.4) is 0 Å². The molecule has 0 saturated heterocycles. The van der Waals surface area contributed by atoms with E-state index in [0.717, 1.165) is 52.0 Å². The molecular formula is C45H50BNO2. The van der Waals surface area contributed by atoms with Gasteiger partial charge in [-0.05, 0) is 105 Å². The molecule has 0 atom stereocenters. The Morgan fingerprint density at radius 2 is 1.33 bits per heavy atom. The second-order valence-corrected chi connectivity index (χ2v) is 18.2. The summed E-state index contributed by atoms with van der Waals surface area (Å²) in [5.41, 5.74) is 16.2. The van der Waals surface area contributed by atoms with Crippen LogP contribution in [0.2, 0.25) is 0 Å². The van der Waals surface area contributed by atoms with Crippen molar-refractivity contribution < 1.29 is 8.83 Å². The highest BCUT2D eigenvalue weighted by Crippen LogP contribution is 2.50. The Kier molecular flexibility index (Phi) is 6.82. The molecule has 0 fully saturated rings. The molecule has 250 valence electrons. The molecule has 2 aliphatic rings. The Morgan fingerprint density at radius 3 is 1.98 bits per heavy atom. The van der Waals surface area contributed by atoms with E-state index in [0.29, 0.717) is 0 Å². The van der Waals surface area contributed by atoms with E-state index in [1.165, 1.54) is 44.4 Å². The molecule has 0 unspecified atom stereocenters. The summed E-state index contributed by atoms with van der Waals surface area (Å²) in [7, 11) is 0. The van der Waals surface area contributed by atoms with Gasteiger partial charge in [0.25, 0.3) is 6.71 Å². The summed E-state index contributed by atoms with van der Waals surface area (Å²) in [4.78, 5) is 2.40. The second kappa shape index (κ2) is 10.4. The minimum Gasteiger partial charge on any atom is -0.464 e. The zero-order valence-electron chi connectivity index (χ0n) is 31.3. The number of hydrogen-bond donors (Lipinski definition) is 0. The molecule has 0 saturated carbocycles.